The van der Waals surface area contributed by atoms with E-state index in [1.807, 2.05) is 24.3 Å². The Hall–Kier alpha value is -2.92. The van der Waals surface area contributed by atoms with Crippen molar-refractivity contribution in [3.8, 4) is 5.88 Å². The first-order valence-electron chi connectivity index (χ1n) is 11.0. The van der Waals surface area contributed by atoms with Crippen LogP contribution in [0.3, 0.4) is 0 Å². The molecule has 0 aliphatic carbocycles. The Labute approximate surface area is 212 Å². The Morgan fingerprint density at radius 3 is 2.66 bits per heavy atom. The van der Waals surface area contributed by atoms with E-state index >= 15 is 0 Å². The number of aromatic amines is 1. The fourth-order valence-corrected chi connectivity index (χ4v) is 6.01. The maximum absolute atomic E-state index is 11.9. The second-order valence-corrected chi connectivity index (χ2v) is 12.0. The lowest BCUT2D eigenvalue weighted by Crippen LogP contribution is -2.44. The van der Waals surface area contributed by atoms with Crippen LogP contribution in [-0.2, 0) is 9.84 Å². The van der Waals surface area contributed by atoms with Crippen LogP contribution in [0.25, 0.3) is 22.6 Å². The number of thiazole rings is 1. The molecule has 0 saturated carbocycles. The molecule has 0 atom stereocenters. The van der Waals surface area contributed by atoms with Gasteiger partial charge in [0.15, 0.2) is 15.0 Å². The molecule has 0 bridgehead atoms. The number of aromatic hydroxyl groups is 1. The molecule has 5 rings (SSSR count). The van der Waals surface area contributed by atoms with E-state index in [0.29, 0.717) is 15.5 Å². The lowest BCUT2D eigenvalue weighted by molar-refractivity contribution is 0.312. The van der Waals surface area contributed by atoms with Crippen molar-refractivity contribution in [3.63, 3.8) is 0 Å². The Morgan fingerprint density at radius 1 is 1.17 bits per heavy atom. The van der Waals surface area contributed by atoms with Gasteiger partial charge in [-0.15, -0.1) is 0 Å². The number of nitrogens with one attached hydrogen (secondary N) is 1. The van der Waals surface area contributed by atoms with Gasteiger partial charge in [-0.3, -0.25) is 5.10 Å². The number of sulfone groups is 1. The number of piperazine rings is 1. The smallest absolute Gasteiger partial charge is 0.232 e. The Balaban J connectivity index is 1.63. The quantitative estimate of drug-likeness (QED) is 0.375. The molecular weight excluding hydrogens is 506 g/mol. The van der Waals surface area contributed by atoms with E-state index in [1.54, 1.807) is 12.3 Å². The van der Waals surface area contributed by atoms with Gasteiger partial charge in [0.25, 0.3) is 0 Å². The number of hydrogen-bond acceptors (Lipinski definition) is 8. The van der Waals surface area contributed by atoms with Gasteiger partial charge in [-0.25, -0.2) is 8.42 Å². The summed E-state index contributed by atoms with van der Waals surface area (Å²) in [4.78, 5) is 9.69. The number of nitrogens with zero attached hydrogens (tertiary/aromatic N) is 4. The third-order valence-electron chi connectivity index (χ3n) is 6.07. The van der Waals surface area contributed by atoms with E-state index in [0.717, 1.165) is 59.6 Å². The van der Waals surface area contributed by atoms with Gasteiger partial charge in [0, 0.05) is 48.4 Å². The number of fused-ring (bicyclic) bond motifs is 1. The molecule has 1 saturated heterocycles. The molecule has 1 aliphatic heterocycles. The number of likely N-dealkylation sites (N-methyl/N-ethyl adjacent to an activating group) is 1. The van der Waals surface area contributed by atoms with E-state index in [1.165, 1.54) is 23.5 Å². The van der Waals surface area contributed by atoms with E-state index in [4.69, 9.17) is 11.6 Å². The lowest BCUT2D eigenvalue weighted by Gasteiger charge is -2.31. The fourth-order valence-electron chi connectivity index (χ4n) is 4.01. The van der Waals surface area contributed by atoms with Gasteiger partial charge in [-0.1, -0.05) is 35.1 Å². The second kappa shape index (κ2) is 9.27. The molecule has 0 unspecified atom stereocenters. The molecule has 35 heavy (non-hydrogen) atoms. The second-order valence-electron chi connectivity index (χ2n) is 8.63. The van der Waals surface area contributed by atoms with Gasteiger partial charge in [-0.2, -0.15) is 10.1 Å². The van der Waals surface area contributed by atoms with Crippen molar-refractivity contribution in [2.75, 3.05) is 44.4 Å². The highest BCUT2D eigenvalue weighted by Crippen LogP contribution is 2.41. The molecular formula is C24H24ClN5O3S2. The highest BCUT2D eigenvalue weighted by atomic mass is 35.5. The van der Waals surface area contributed by atoms with Crippen LogP contribution in [0.2, 0.25) is 5.02 Å². The maximum Gasteiger partial charge on any atom is 0.232 e. The van der Waals surface area contributed by atoms with E-state index in [9.17, 15) is 13.5 Å². The van der Waals surface area contributed by atoms with Crippen LogP contribution in [0.15, 0.2) is 47.5 Å². The van der Waals surface area contributed by atoms with E-state index < -0.39 is 9.84 Å². The maximum atomic E-state index is 11.9. The number of H-pyrrole nitrogens is 1. The molecule has 0 spiro atoms. The summed E-state index contributed by atoms with van der Waals surface area (Å²) in [7, 11) is -1.29. The number of aromatic nitrogens is 3. The van der Waals surface area contributed by atoms with Gasteiger partial charge in [-0.05, 0) is 48.5 Å². The van der Waals surface area contributed by atoms with Gasteiger partial charge in [0.1, 0.15) is 4.88 Å². The number of hydrogen-bond donors (Lipinski definition) is 2. The first-order chi connectivity index (χ1) is 16.7. The summed E-state index contributed by atoms with van der Waals surface area (Å²) in [5.41, 5.74) is 3.12. The molecule has 2 aromatic heterocycles. The first-order valence-corrected chi connectivity index (χ1v) is 14.1. The average molecular weight is 530 g/mol. The molecule has 1 aliphatic rings. The van der Waals surface area contributed by atoms with Crippen LogP contribution in [0, 0.1) is 0 Å². The van der Waals surface area contributed by atoms with Gasteiger partial charge >= 0.3 is 0 Å². The molecule has 0 amide bonds. The third kappa shape index (κ3) is 4.92. The zero-order valence-electron chi connectivity index (χ0n) is 19.2. The van der Waals surface area contributed by atoms with Gasteiger partial charge in [0.2, 0.25) is 5.88 Å². The highest BCUT2D eigenvalue weighted by molar-refractivity contribution is 7.90. The number of halogens is 1. The topological polar surface area (TPSA) is 102 Å². The normalized spacial score (nSPS) is 15.7. The Bertz CT molecular complexity index is 1540. The number of benzene rings is 2. The lowest BCUT2D eigenvalue weighted by atomic mass is 10.00. The van der Waals surface area contributed by atoms with Crippen LogP contribution < -0.4 is 4.90 Å². The van der Waals surface area contributed by atoms with Gasteiger partial charge in [0.05, 0.1) is 16.6 Å². The molecule has 1 fully saturated rings. The summed E-state index contributed by atoms with van der Waals surface area (Å²) in [6.45, 7) is 3.53. The van der Waals surface area contributed by atoms with Crippen molar-refractivity contribution in [3.05, 3.63) is 63.6 Å². The Kier molecular flexibility index (Phi) is 6.30. The van der Waals surface area contributed by atoms with Crippen LogP contribution in [-0.4, -0.2) is 73.1 Å². The van der Waals surface area contributed by atoms with Crippen LogP contribution in [0.4, 0.5) is 5.13 Å². The van der Waals surface area contributed by atoms with Gasteiger partial charge < -0.3 is 14.9 Å². The van der Waals surface area contributed by atoms with Crippen LogP contribution in [0.1, 0.15) is 16.0 Å². The number of rotatable bonds is 5. The molecule has 2 N–H and O–H groups in total. The molecule has 11 heteroatoms. The average Bonchev–Trinajstić information content (AvgIpc) is 3.44. The minimum atomic E-state index is -3.39. The fraction of sp³-hybridized carbons (Fsp3) is 0.250. The summed E-state index contributed by atoms with van der Waals surface area (Å²) in [6.07, 6.45) is 4.75. The summed E-state index contributed by atoms with van der Waals surface area (Å²) < 4.78 is 23.9. The molecule has 3 heterocycles. The molecule has 8 nitrogen and oxygen atoms in total. The zero-order chi connectivity index (χ0) is 24.7. The Morgan fingerprint density at radius 2 is 1.94 bits per heavy atom. The minimum Gasteiger partial charge on any atom is -0.492 e. The predicted octanol–water partition coefficient (Wildman–Crippen LogP) is 4.12. The summed E-state index contributed by atoms with van der Waals surface area (Å²) in [5, 5.41) is 20.0. The first kappa shape index (κ1) is 23.8. The van der Waals surface area contributed by atoms with Crippen molar-refractivity contribution in [1.29, 1.82) is 0 Å². The minimum absolute atomic E-state index is 0.0497. The predicted molar refractivity (Wildman–Crippen MR) is 141 cm³/mol. The van der Waals surface area contributed by atoms with Crippen molar-refractivity contribution in [2.24, 2.45) is 0 Å². The van der Waals surface area contributed by atoms with Crippen LogP contribution in [0.5, 0.6) is 5.88 Å². The summed E-state index contributed by atoms with van der Waals surface area (Å²) in [5.74, 6) is -0.0497. The van der Waals surface area contributed by atoms with E-state index in [2.05, 4.69) is 32.0 Å². The molecule has 4 aromatic rings. The molecule has 182 valence electrons. The number of anilines is 1. The summed E-state index contributed by atoms with van der Waals surface area (Å²) in [6, 6.07) is 10.5. The van der Waals surface area contributed by atoms with Crippen molar-refractivity contribution >= 4 is 60.5 Å². The third-order valence-corrected chi connectivity index (χ3v) is 8.64. The van der Waals surface area contributed by atoms with Crippen molar-refractivity contribution < 1.29 is 13.5 Å². The highest BCUT2D eigenvalue weighted by Gasteiger charge is 2.23. The zero-order valence-corrected chi connectivity index (χ0v) is 21.6. The monoisotopic (exact) mass is 529 g/mol. The largest absolute Gasteiger partial charge is 0.492 e. The molecule has 0 radical (unpaired) electrons. The van der Waals surface area contributed by atoms with E-state index in [-0.39, 0.29) is 10.8 Å². The van der Waals surface area contributed by atoms with Crippen LogP contribution >= 0.6 is 22.9 Å². The standard InChI is InChI=1S/C24H24ClN5O3S2/c1-29-7-9-30(10-8-29)24-27-23(31)22(34-24)19(15-4-6-21-17(11-15)14-26-28-21)12-16-3-5-18(13-20(16)25)35(2,32)33/h3-6,11-14,31H,7-10H2,1-2H3,(H,26,28). The SMILES string of the molecule is CN1CCN(c2nc(O)c(C(=Cc3ccc(S(C)(=O)=O)cc3Cl)c3ccc4[nH]ncc4c3)s2)CC1. The van der Waals surface area contributed by atoms with Crippen molar-refractivity contribution in [1.82, 2.24) is 20.1 Å². The summed E-state index contributed by atoms with van der Waals surface area (Å²) >= 11 is 7.93. The molecule has 2 aromatic carbocycles. The van der Waals surface area contributed by atoms with Crippen molar-refractivity contribution in [2.45, 2.75) is 4.90 Å².